The summed E-state index contributed by atoms with van der Waals surface area (Å²) >= 11 is 0. The predicted molar refractivity (Wildman–Crippen MR) is 73.8 cm³/mol. The lowest BCUT2D eigenvalue weighted by Crippen LogP contribution is -2.40. The highest BCUT2D eigenvalue weighted by Crippen LogP contribution is 2.19. The lowest BCUT2D eigenvalue weighted by atomic mass is 10.0. The van der Waals surface area contributed by atoms with Gasteiger partial charge >= 0.3 is 0 Å². The number of aromatic nitrogens is 1. The topological polar surface area (TPSA) is 54.4 Å². The van der Waals surface area contributed by atoms with Crippen LogP contribution in [0.2, 0.25) is 0 Å². The summed E-state index contributed by atoms with van der Waals surface area (Å²) in [5.41, 5.74) is 0.443. The summed E-state index contributed by atoms with van der Waals surface area (Å²) in [6.07, 6.45) is 4.45. The first-order valence-corrected chi connectivity index (χ1v) is 6.59. The van der Waals surface area contributed by atoms with Gasteiger partial charge in [-0.25, -0.2) is 0 Å². The third-order valence-corrected chi connectivity index (χ3v) is 3.60. The Kier molecular flexibility index (Phi) is 3.46. The molecule has 19 heavy (non-hydrogen) atoms. The molecule has 1 atom stereocenters. The van der Waals surface area contributed by atoms with Crippen LogP contribution in [0.3, 0.4) is 0 Å². The highest BCUT2D eigenvalue weighted by Gasteiger charge is 2.31. The lowest BCUT2D eigenvalue weighted by molar-refractivity contribution is 0.0269. The highest BCUT2D eigenvalue weighted by molar-refractivity contribution is 5.84. The van der Waals surface area contributed by atoms with Gasteiger partial charge in [0.05, 0.1) is 6.61 Å². The molecule has 0 bridgehead atoms. The minimum absolute atomic E-state index is 0.424. The number of nitrogens with one attached hydrogen (secondary N) is 1. The van der Waals surface area contributed by atoms with Crippen LogP contribution in [0, 0.1) is 0 Å². The van der Waals surface area contributed by atoms with Crippen LogP contribution >= 0.6 is 0 Å². The summed E-state index contributed by atoms with van der Waals surface area (Å²) in [5, 5.41) is 15.8. The number of nitrogens with zero attached hydrogens (tertiary/aromatic N) is 1. The Balaban J connectivity index is 1.68. The molecule has 4 heteroatoms. The van der Waals surface area contributed by atoms with Crippen LogP contribution in [-0.2, 0) is 11.3 Å². The Morgan fingerprint density at radius 2 is 2.21 bits per heavy atom. The molecule has 1 unspecified atom stereocenters. The molecule has 100 valence electrons. The maximum Gasteiger partial charge on any atom is 0.102 e. The summed E-state index contributed by atoms with van der Waals surface area (Å²) < 4.78 is 5.23. The first kappa shape index (κ1) is 12.5. The molecule has 0 spiro atoms. The van der Waals surface area contributed by atoms with Gasteiger partial charge in [-0.1, -0.05) is 24.3 Å². The van der Waals surface area contributed by atoms with Crippen molar-refractivity contribution in [1.82, 2.24) is 10.3 Å². The third kappa shape index (κ3) is 2.76. The van der Waals surface area contributed by atoms with Crippen LogP contribution < -0.4 is 5.32 Å². The Bertz CT molecular complexity index is 560. The lowest BCUT2D eigenvalue weighted by Gasteiger charge is -2.20. The van der Waals surface area contributed by atoms with Crippen LogP contribution in [-0.4, -0.2) is 35.5 Å². The minimum Gasteiger partial charge on any atom is -0.386 e. The van der Waals surface area contributed by atoms with Gasteiger partial charge < -0.3 is 15.2 Å². The van der Waals surface area contributed by atoms with E-state index in [-0.39, 0.29) is 0 Å². The van der Waals surface area contributed by atoms with Crippen molar-refractivity contribution >= 4 is 10.8 Å². The third-order valence-electron chi connectivity index (χ3n) is 3.60. The zero-order chi connectivity index (χ0) is 13.1. The summed E-state index contributed by atoms with van der Waals surface area (Å²) in [4.78, 5) is 4.25. The van der Waals surface area contributed by atoms with Crippen molar-refractivity contribution < 1.29 is 9.84 Å². The number of hydrogen-bond donors (Lipinski definition) is 2. The fourth-order valence-electron chi connectivity index (χ4n) is 2.49. The van der Waals surface area contributed by atoms with E-state index in [0.717, 1.165) is 10.9 Å². The van der Waals surface area contributed by atoms with Crippen molar-refractivity contribution in [3.63, 3.8) is 0 Å². The predicted octanol–water partition coefficient (Wildman–Crippen LogP) is 1.48. The molecule has 1 aromatic heterocycles. The average molecular weight is 258 g/mol. The van der Waals surface area contributed by atoms with Gasteiger partial charge in [0.2, 0.25) is 0 Å². The maximum absolute atomic E-state index is 10.2. The number of aliphatic hydroxyl groups is 1. The van der Waals surface area contributed by atoms with Crippen LogP contribution in [0.5, 0.6) is 0 Å². The van der Waals surface area contributed by atoms with E-state index >= 15 is 0 Å². The molecule has 1 aromatic carbocycles. The minimum atomic E-state index is -0.710. The van der Waals surface area contributed by atoms with Crippen molar-refractivity contribution in [2.24, 2.45) is 0 Å². The van der Waals surface area contributed by atoms with Crippen LogP contribution in [0.15, 0.2) is 36.7 Å². The zero-order valence-corrected chi connectivity index (χ0v) is 10.8. The van der Waals surface area contributed by atoms with Crippen LogP contribution in [0.1, 0.15) is 12.0 Å². The fourth-order valence-corrected chi connectivity index (χ4v) is 2.49. The number of ether oxygens (including phenoxy) is 1. The molecular weight excluding hydrogens is 240 g/mol. The van der Waals surface area contributed by atoms with Crippen molar-refractivity contribution in [3.8, 4) is 0 Å². The number of benzene rings is 1. The van der Waals surface area contributed by atoms with E-state index in [2.05, 4.69) is 22.4 Å². The first-order chi connectivity index (χ1) is 9.27. The van der Waals surface area contributed by atoms with E-state index in [1.54, 1.807) is 0 Å². The SMILES string of the molecule is OC1(CNCc2cncc3ccccc23)CCOC1. The van der Waals surface area contributed by atoms with Gasteiger partial charge in [0.25, 0.3) is 0 Å². The first-order valence-electron chi connectivity index (χ1n) is 6.59. The van der Waals surface area contributed by atoms with Crippen molar-refractivity contribution in [2.75, 3.05) is 19.8 Å². The van der Waals surface area contributed by atoms with E-state index in [4.69, 9.17) is 4.74 Å². The van der Waals surface area contributed by atoms with E-state index in [9.17, 15) is 5.11 Å². The largest absolute Gasteiger partial charge is 0.386 e. The molecule has 0 aliphatic carbocycles. The molecule has 4 nitrogen and oxygen atoms in total. The number of hydrogen-bond acceptors (Lipinski definition) is 4. The van der Waals surface area contributed by atoms with Gasteiger partial charge in [0.1, 0.15) is 5.60 Å². The molecule has 1 saturated heterocycles. The normalized spacial score (nSPS) is 23.0. The number of pyridine rings is 1. The standard InChI is InChI=1S/C15H18N2O2/c18-15(5-6-19-11-15)10-17-9-13-8-16-7-12-3-1-2-4-14(12)13/h1-4,7-8,17-18H,5-6,9-11H2. The van der Waals surface area contributed by atoms with Crippen molar-refractivity contribution in [1.29, 1.82) is 0 Å². The molecule has 2 heterocycles. The Morgan fingerprint density at radius 1 is 1.32 bits per heavy atom. The second kappa shape index (κ2) is 5.25. The number of rotatable bonds is 4. The smallest absolute Gasteiger partial charge is 0.102 e. The van der Waals surface area contributed by atoms with Crippen molar-refractivity contribution in [3.05, 3.63) is 42.2 Å². The van der Waals surface area contributed by atoms with E-state index in [1.807, 2.05) is 24.5 Å². The molecule has 0 saturated carbocycles. The van der Waals surface area contributed by atoms with E-state index in [0.29, 0.717) is 32.7 Å². The highest BCUT2D eigenvalue weighted by atomic mass is 16.5. The Labute approximate surface area is 112 Å². The second-order valence-electron chi connectivity index (χ2n) is 5.15. The van der Waals surface area contributed by atoms with Gasteiger partial charge in [-0.15, -0.1) is 0 Å². The summed E-state index contributed by atoms with van der Waals surface area (Å²) in [6, 6.07) is 8.20. The van der Waals surface area contributed by atoms with E-state index < -0.39 is 5.60 Å². The van der Waals surface area contributed by atoms with E-state index in [1.165, 1.54) is 5.39 Å². The van der Waals surface area contributed by atoms with Crippen LogP contribution in [0.4, 0.5) is 0 Å². The number of fused-ring (bicyclic) bond motifs is 1. The summed E-state index contributed by atoms with van der Waals surface area (Å²) in [7, 11) is 0. The molecule has 2 N–H and O–H groups in total. The second-order valence-corrected chi connectivity index (χ2v) is 5.15. The summed E-state index contributed by atoms with van der Waals surface area (Å²) in [5.74, 6) is 0. The fraction of sp³-hybridized carbons (Fsp3) is 0.400. The monoisotopic (exact) mass is 258 g/mol. The molecule has 1 fully saturated rings. The van der Waals surface area contributed by atoms with Gasteiger partial charge in [-0.05, 0) is 10.9 Å². The molecule has 3 rings (SSSR count). The van der Waals surface area contributed by atoms with Crippen LogP contribution in [0.25, 0.3) is 10.8 Å². The zero-order valence-electron chi connectivity index (χ0n) is 10.8. The average Bonchev–Trinajstić information content (AvgIpc) is 2.86. The van der Waals surface area contributed by atoms with Gasteiger partial charge in [-0.2, -0.15) is 0 Å². The molecule has 1 aliphatic rings. The molecule has 0 radical (unpaired) electrons. The molecule has 0 amide bonds. The van der Waals surface area contributed by atoms with Crippen molar-refractivity contribution in [2.45, 2.75) is 18.6 Å². The molecular formula is C15H18N2O2. The Morgan fingerprint density at radius 3 is 3.05 bits per heavy atom. The van der Waals surface area contributed by atoms with Gasteiger partial charge in [0.15, 0.2) is 0 Å². The van der Waals surface area contributed by atoms with Gasteiger partial charge in [-0.3, -0.25) is 4.98 Å². The molecule has 1 aliphatic heterocycles. The Hall–Kier alpha value is -1.49. The maximum atomic E-state index is 10.2. The summed E-state index contributed by atoms with van der Waals surface area (Å²) in [6.45, 7) is 2.33. The molecule has 2 aromatic rings. The quantitative estimate of drug-likeness (QED) is 0.872. The van der Waals surface area contributed by atoms with Gasteiger partial charge in [0, 0.05) is 43.9 Å².